The number of nitrogens with zero attached hydrogens (tertiary/aromatic N) is 1. The van der Waals surface area contributed by atoms with Crippen molar-refractivity contribution in [3.8, 4) is 5.75 Å². The number of benzene rings is 1. The third-order valence-corrected chi connectivity index (χ3v) is 7.63. The maximum Gasteiger partial charge on any atom is 0.330 e. The third-order valence-electron chi connectivity index (χ3n) is 3.98. The molecule has 1 aliphatic heterocycles. The summed E-state index contributed by atoms with van der Waals surface area (Å²) in [5.41, 5.74) is 0.534. The van der Waals surface area contributed by atoms with Crippen molar-refractivity contribution in [1.29, 1.82) is 0 Å². The second-order valence-electron chi connectivity index (χ2n) is 5.45. The minimum absolute atomic E-state index is 0.0901. The fourth-order valence-electron chi connectivity index (χ4n) is 2.74. The van der Waals surface area contributed by atoms with Crippen LogP contribution in [0.3, 0.4) is 0 Å². The van der Waals surface area contributed by atoms with E-state index in [1.807, 2.05) is 17.5 Å². The van der Waals surface area contributed by atoms with Crippen LogP contribution in [-0.2, 0) is 19.6 Å². The molecule has 9 heteroatoms. The van der Waals surface area contributed by atoms with Crippen molar-refractivity contribution >= 4 is 55.6 Å². The second-order valence-corrected chi connectivity index (χ2v) is 9.52. The van der Waals surface area contributed by atoms with E-state index >= 15 is 0 Å². The van der Waals surface area contributed by atoms with Gasteiger partial charge in [0.05, 0.1) is 29.7 Å². The predicted molar refractivity (Wildman–Crippen MR) is 108 cm³/mol. The largest absolute Gasteiger partial charge is 0.497 e. The zero-order chi connectivity index (χ0) is 18.9. The number of hydrogen-bond acceptors (Lipinski definition) is 6. The third kappa shape index (κ3) is 3.35. The van der Waals surface area contributed by atoms with Gasteiger partial charge >= 0.3 is 5.97 Å². The Hall–Kier alpha value is -1.59. The van der Waals surface area contributed by atoms with E-state index in [0.29, 0.717) is 11.4 Å². The van der Waals surface area contributed by atoms with Gasteiger partial charge in [0.1, 0.15) is 11.8 Å². The molecule has 0 saturated carbocycles. The van der Waals surface area contributed by atoms with Crippen LogP contribution in [-0.4, -0.2) is 39.0 Å². The highest BCUT2D eigenvalue weighted by atomic mass is 127. The average Bonchev–Trinajstić information content (AvgIpc) is 3.28. The van der Waals surface area contributed by atoms with Gasteiger partial charge in [0, 0.05) is 10.0 Å². The minimum atomic E-state index is -3.96. The van der Waals surface area contributed by atoms with Crippen molar-refractivity contribution in [2.24, 2.45) is 0 Å². The van der Waals surface area contributed by atoms with Crippen LogP contribution in [0.5, 0.6) is 5.75 Å². The highest BCUT2D eigenvalue weighted by molar-refractivity contribution is 14.1. The van der Waals surface area contributed by atoms with Crippen LogP contribution < -0.4 is 4.74 Å². The number of carbonyl (C=O) groups is 1. The van der Waals surface area contributed by atoms with Crippen molar-refractivity contribution in [2.45, 2.75) is 17.4 Å². The molecule has 0 aliphatic carbocycles. The number of rotatable bonds is 5. The quantitative estimate of drug-likeness (QED) is 0.460. The zero-order valence-corrected chi connectivity index (χ0v) is 17.8. The average molecular weight is 505 g/mol. The molecule has 0 bridgehead atoms. The summed E-state index contributed by atoms with van der Waals surface area (Å²) in [6.45, 7) is 0. The number of esters is 1. The maximum absolute atomic E-state index is 13.4. The van der Waals surface area contributed by atoms with Gasteiger partial charge in [-0.2, -0.15) is 0 Å². The van der Waals surface area contributed by atoms with Crippen molar-refractivity contribution in [3.63, 3.8) is 0 Å². The highest BCUT2D eigenvalue weighted by Gasteiger charge is 2.44. The number of sulfonamides is 1. The first-order chi connectivity index (χ1) is 12.4. The molecule has 3 rings (SSSR count). The molecule has 1 atom stereocenters. The van der Waals surface area contributed by atoms with Gasteiger partial charge in [-0.15, -0.1) is 11.3 Å². The van der Waals surface area contributed by atoms with Gasteiger partial charge in [-0.3, -0.25) is 0 Å². The molecule has 6 nitrogen and oxygen atoms in total. The molecule has 0 N–H and O–H groups in total. The summed E-state index contributed by atoms with van der Waals surface area (Å²) in [4.78, 5) is 13.2. The SMILES string of the molecule is COC(=O)[C@@H]1CC(I)=C(c2cccs2)N1S(=O)(=O)c1ccc(OC)cc1. The zero-order valence-electron chi connectivity index (χ0n) is 14.0. The van der Waals surface area contributed by atoms with E-state index < -0.39 is 22.0 Å². The summed E-state index contributed by atoms with van der Waals surface area (Å²) in [7, 11) is -1.18. The first-order valence-electron chi connectivity index (χ1n) is 7.59. The molecule has 1 aliphatic rings. The van der Waals surface area contributed by atoms with E-state index in [1.165, 1.54) is 42.0 Å². The molecule has 1 aromatic heterocycles. The normalized spacial score (nSPS) is 17.5. The Morgan fingerprint density at radius 1 is 1.23 bits per heavy atom. The summed E-state index contributed by atoms with van der Waals surface area (Å²) in [5.74, 6) is -0.0266. The molecule has 1 aromatic carbocycles. The molecular formula is C17H16INO5S2. The van der Waals surface area contributed by atoms with Crippen molar-refractivity contribution in [3.05, 3.63) is 50.2 Å². The molecule has 0 fully saturated rings. The summed E-state index contributed by atoms with van der Waals surface area (Å²) in [6, 6.07) is 8.87. The van der Waals surface area contributed by atoms with Crippen LogP contribution in [0.25, 0.3) is 5.70 Å². The van der Waals surface area contributed by atoms with Gasteiger partial charge in [0.25, 0.3) is 10.0 Å². The second kappa shape index (κ2) is 7.57. The van der Waals surface area contributed by atoms with Crippen LogP contribution in [0, 0.1) is 0 Å². The fraction of sp³-hybridized carbons (Fsp3) is 0.235. The Bertz CT molecular complexity index is 936. The monoisotopic (exact) mass is 505 g/mol. The molecule has 0 radical (unpaired) electrons. The molecule has 2 heterocycles. The lowest BCUT2D eigenvalue weighted by Crippen LogP contribution is -2.41. The van der Waals surface area contributed by atoms with Crippen molar-refractivity contribution in [1.82, 2.24) is 4.31 Å². The van der Waals surface area contributed by atoms with Crippen LogP contribution in [0.4, 0.5) is 0 Å². The van der Waals surface area contributed by atoms with E-state index in [4.69, 9.17) is 9.47 Å². The molecule has 26 heavy (non-hydrogen) atoms. The standard InChI is InChI=1S/C17H16INO5S2/c1-23-11-5-7-12(8-6-11)26(21,22)19-14(17(20)24-2)10-13(18)16(19)15-4-3-9-25-15/h3-9,14H,10H2,1-2H3/t14-/m0/s1. The van der Waals surface area contributed by atoms with Crippen LogP contribution >= 0.6 is 33.9 Å². The Balaban J connectivity index is 2.12. The van der Waals surface area contributed by atoms with Crippen LogP contribution in [0.1, 0.15) is 11.3 Å². The van der Waals surface area contributed by atoms with E-state index in [0.717, 1.165) is 8.46 Å². The Morgan fingerprint density at radius 2 is 1.92 bits per heavy atom. The van der Waals surface area contributed by atoms with Gasteiger partial charge in [0.2, 0.25) is 0 Å². The Kier molecular flexibility index (Phi) is 5.58. The molecule has 0 spiro atoms. The van der Waals surface area contributed by atoms with Crippen LogP contribution in [0.15, 0.2) is 50.3 Å². The summed E-state index contributed by atoms with van der Waals surface area (Å²) in [6.07, 6.45) is 0.288. The van der Waals surface area contributed by atoms with Gasteiger partial charge in [-0.05, 0) is 58.3 Å². The number of ether oxygens (including phenoxy) is 2. The highest BCUT2D eigenvalue weighted by Crippen LogP contribution is 2.44. The van der Waals surface area contributed by atoms with Crippen molar-refractivity contribution < 1.29 is 22.7 Å². The number of halogens is 1. The topological polar surface area (TPSA) is 72.9 Å². The van der Waals surface area contributed by atoms with Gasteiger partial charge < -0.3 is 9.47 Å². The molecule has 0 saturated heterocycles. The van der Waals surface area contributed by atoms with Gasteiger partial charge in [-0.1, -0.05) is 6.07 Å². The Labute approximate surface area is 169 Å². The lowest BCUT2D eigenvalue weighted by molar-refractivity contribution is -0.144. The van der Waals surface area contributed by atoms with E-state index in [-0.39, 0.29) is 11.3 Å². The van der Waals surface area contributed by atoms with Crippen LogP contribution in [0.2, 0.25) is 0 Å². The number of methoxy groups -OCH3 is 2. The molecular weight excluding hydrogens is 489 g/mol. The van der Waals surface area contributed by atoms with E-state index in [2.05, 4.69) is 22.6 Å². The predicted octanol–water partition coefficient (Wildman–Crippen LogP) is 3.50. The number of thiophene rings is 1. The Morgan fingerprint density at radius 3 is 2.46 bits per heavy atom. The molecule has 0 unspecified atom stereocenters. The molecule has 138 valence electrons. The summed E-state index contributed by atoms with van der Waals surface area (Å²) in [5, 5.41) is 1.87. The smallest absolute Gasteiger partial charge is 0.330 e. The summed E-state index contributed by atoms with van der Waals surface area (Å²) >= 11 is 3.52. The summed E-state index contributed by atoms with van der Waals surface area (Å²) < 4.78 is 38.7. The van der Waals surface area contributed by atoms with E-state index in [9.17, 15) is 13.2 Å². The number of carbonyl (C=O) groups excluding carboxylic acids is 1. The fourth-order valence-corrected chi connectivity index (χ4v) is 6.56. The van der Waals surface area contributed by atoms with Gasteiger partial charge in [-0.25, -0.2) is 17.5 Å². The molecule has 0 amide bonds. The van der Waals surface area contributed by atoms with Crippen molar-refractivity contribution in [2.75, 3.05) is 14.2 Å². The first-order valence-corrected chi connectivity index (χ1v) is 11.0. The molecule has 2 aromatic rings. The van der Waals surface area contributed by atoms with Gasteiger partial charge in [0.15, 0.2) is 0 Å². The first kappa shape index (κ1) is 19.2. The number of hydrogen-bond donors (Lipinski definition) is 0. The maximum atomic E-state index is 13.4. The lowest BCUT2D eigenvalue weighted by Gasteiger charge is -2.27. The minimum Gasteiger partial charge on any atom is -0.497 e. The lowest BCUT2D eigenvalue weighted by atomic mass is 10.2. The van der Waals surface area contributed by atoms with E-state index in [1.54, 1.807) is 12.1 Å².